The van der Waals surface area contributed by atoms with Gasteiger partial charge in [0.15, 0.2) is 0 Å². The number of thiazole rings is 1. The Labute approximate surface area is 142 Å². The van der Waals surface area contributed by atoms with E-state index in [4.69, 9.17) is 11.6 Å². The zero-order chi connectivity index (χ0) is 15.7. The molecule has 1 N–H and O–H groups in total. The van der Waals surface area contributed by atoms with Gasteiger partial charge in [0.05, 0.1) is 16.6 Å². The molecule has 0 saturated heterocycles. The Bertz CT molecular complexity index is 779. The van der Waals surface area contributed by atoms with Crippen LogP contribution in [0.4, 0.5) is 5.13 Å². The molecule has 0 bridgehead atoms. The number of aromatic nitrogens is 3. The first kappa shape index (κ1) is 15.4. The first-order valence-corrected chi connectivity index (χ1v) is 8.80. The lowest BCUT2D eigenvalue weighted by Gasteiger charge is -2.10. The molecular weight excluding hydrogens is 336 g/mol. The minimum atomic E-state index is 0.144. The van der Waals surface area contributed by atoms with E-state index in [0.717, 1.165) is 32.2 Å². The highest BCUT2D eigenvalue weighted by molar-refractivity contribution is 7.15. The van der Waals surface area contributed by atoms with Gasteiger partial charge in [-0.3, -0.25) is 0 Å². The number of nitrogens with zero attached hydrogens (tertiary/aromatic N) is 3. The number of rotatable bonds is 4. The van der Waals surface area contributed by atoms with Gasteiger partial charge in [-0.1, -0.05) is 23.7 Å². The Kier molecular flexibility index (Phi) is 4.42. The number of halogens is 1. The minimum absolute atomic E-state index is 0.144. The molecule has 3 aromatic rings. The third-order valence-electron chi connectivity index (χ3n) is 3.18. The van der Waals surface area contributed by atoms with Crippen LogP contribution in [0.3, 0.4) is 0 Å². The van der Waals surface area contributed by atoms with Crippen LogP contribution in [-0.4, -0.2) is 14.3 Å². The molecule has 114 valence electrons. The lowest BCUT2D eigenvalue weighted by atomic mass is 10.2. The number of anilines is 1. The van der Waals surface area contributed by atoms with Crippen LogP contribution in [0.5, 0.6) is 0 Å². The number of hydrogen-bond acceptors (Lipinski definition) is 6. The molecule has 3 rings (SSSR count). The third kappa shape index (κ3) is 3.29. The number of hydrogen-bond donors (Lipinski definition) is 1. The fourth-order valence-corrected chi connectivity index (χ4v) is 3.99. The zero-order valence-corrected chi connectivity index (χ0v) is 14.8. The van der Waals surface area contributed by atoms with E-state index in [1.54, 1.807) is 11.3 Å². The Morgan fingerprint density at radius 3 is 2.50 bits per heavy atom. The summed E-state index contributed by atoms with van der Waals surface area (Å²) in [7, 11) is 0. The average Bonchev–Trinajstić information content (AvgIpc) is 3.06. The molecule has 0 amide bonds. The van der Waals surface area contributed by atoms with Crippen LogP contribution in [0, 0.1) is 13.8 Å². The maximum atomic E-state index is 5.94. The molecule has 1 atom stereocenters. The predicted molar refractivity (Wildman–Crippen MR) is 94.0 cm³/mol. The van der Waals surface area contributed by atoms with Gasteiger partial charge in [-0.2, -0.15) is 4.37 Å². The van der Waals surface area contributed by atoms with Crippen molar-refractivity contribution >= 4 is 39.6 Å². The van der Waals surface area contributed by atoms with Crippen LogP contribution < -0.4 is 5.32 Å². The maximum Gasteiger partial charge on any atom is 0.203 e. The largest absolute Gasteiger partial charge is 0.353 e. The van der Waals surface area contributed by atoms with Crippen molar-refractivity contribution in [2.24, 2.45) is 0 Å². The smallest absolute Gasteiger partial charge is 0.203 e. The summed E-state index contributed by atoms with van der Waals surface area (Å²) in [4.78, 5) is 10.2. The highest BCUT2D eigenvalue weighted by Crippen LogP contribution is 2.33. The molecule has 0 aliphatic carbocycles. The van der Waals surface area contributed by atoms with Crippen LogP contribution in [0.2, 0.25) is 5.02 Å². The molecule has 1 unspecified atom stereocenters. The second kappa shape index (κ2) is 6.32. The molecule has 2 aromatic heterocycles. The molecule has 0 aliphatic rings. The van der Waals surface area contributed by atoms with Crippen molar-refractivity contribution < 1.29 is 0 Å². The number of nitrogens with one attached hydrogen (secondary N) is 1. The minimum Gasteiger partial charge on any atom is -0.353 e. The summed E-state index contributed by atoms with van der Waals surface area (Å²) in [5, 5.41) is 5.97. The van der Waals surface area contributed by atoms with E-state index in [0.29, 0.717) is 0 Å². The van der Waals surface area contributed by atoms with Crippen molar-refractivity contribution in [2.45, 2.75) is 26.8 Å². The van der Waals surface area contributed by atoms with Crippen molar-refractivity contribution in [3.05, 3.63) is 45.7 Å². The molecule has 2 heterocycles. The molecule has 0 radical (unpaired) electrons. The molecule has 0 saturated carbocycles. The van der Waals surface area contributed by atoms with E-state index >= 15 is 0 Å². The van der Waals surface area contributed by atoms with Gasteiger partial charge in [-0.15, -0.1) is 11.3 Å². The zero-order valence-electron chi connectivity index (χ0n) is 12.4. The molecule has 0 fully saturated rings. The van der Waals surface area contributed by atoms with Gasteiger partial charge in [-0.05, 0) is 32.9 Å². The van der Waals surface area contributed by atoms with Crippen LogP contribution in [-0.2, 0) is 0 Å². The topological polar surface area (TPSA) is 50.7 Å². The van der Waals surface area contributed by atoms with Crippen molar-refractivity contribution in [1.82, 2.24) is 14.3 Å². The van der Waals surface area contributed by atoms with Gasteiger partial charge in [0.2, 0.25) is 5.13 Å². The second-order valence-corrected chi connectivity index (χ2v) is 7.21. The molecule has 7 heteroatoms. The van der Waals surface area contributed by atoms with Crippen LogP contribution in [0.1, 0.15) is 29.4 Å². The SMILES string of the molecule is Cc1nsc(NC(C)c2sc(-c3ccc(Cl)cc3)nc2C)n1. The predicted octanol–water partition coefficient (Wildman–Crippen LogP) is 5.10. The first-order valence-electron chi connectivity index (χ1n) is 6.83. The van der Waals surface area contributed by atoms with E-state index in [2.05, 4.69) is 26.6 Å². The summed E-state index contributed by atoms with van der Waals surface area (Å²) in [5.41, 5.74) is 2.12. The maximum absolute atomic E-state index is 5.94. The molecular formula is C15H15ClN4S2. The molecule has 0 spiro atoms. The normalized spacial score (nSPS) is 12.4. The van der Waals surface area contributed by atoms with Crippen LogP contribution >= 0.6 is 34.5 Å². The Hall–Kier alpha value is -1.50. The summed E-state index contributed by atoms with van der Waals surface area (Å²) in [6, 6.07) is 7.91. The second-order valence-electron chi connectivity index (χ2n) is 4.99. The van der Waals surface area contributed by atoms with E-state index in [1.807, 2.05) is 38.1 Å². The van der Waals surface area contributed by atoms with Crippen molar-refractivity contribution in [2.75, 3.05) is 5.32 Å². The van der Waals surface area contributed by atoms with E-state index < -0.39 is 0 Å². The number of benzene rings is 1. The first-order chi connectivity index (χ1) is 10.5. The van der Waals surface area contributed by atoms with Crippen molar-refractivity contribution in [3.8, 4) is 10.6 Å². The monoisotopic (exact) mass is 350 g/mol. The van der Waals surface area contributed by atoms with Gasteiger partial charge in [0.25, 0.3) is 0 Å². The molecule has 1 aromatic carbocycles. The fourth-order valence-electron chi connectivity index (χ4n) is 2.13. The van der Waals surface area contributed by atoms with Crippen molar-refractivity contribution in [3.63, 3.8) is 0 Å². The van der Waals surface area contributed by atoms with Crippen LogP contribution in [0.25, 0.3) is 10.6 Å². The molecule has 0 aliphatic heterocycles. The lowest BCUT2D eigenvalue weighted by molar-refractivity contribution is 0.885. The van der Waals surface area contributed by atoms with Crippen LogP contribution in [0.15, 0.2) is 24.3 Å². The Morgan fingerprint density at radius 1 is 1.14 bits per heavy atom. The fraction of sp³-hybridized carbons (Fsp3) is 0.267. The van der Waals surface area contributed by atoms with Crippen molar-refractivity contribution in [1.29, 1.82) is 0 Å². The van der Waals surface area contributed by atoms with E-state index in [-0.39, 0.29) is 6.04 Å². The van der Waals surface area contributed by atoms with Gasteiger partial charge >= 0.3 is 0 Å². The van der Waals surface area contributed by atoms with E-state index in [9.17, 15) is 0 Å². The summed E-state index contributed by atoms with van der Waals surface area (Å²) in [6.45, 7) is 6.04. The van der Waals surface area contributed by atoms with Gasteiger partial charge in [0, 0.05) is 22.1 Å². The summed E-state index contributed by atoms with van der Waals surface area (Å²) in [6.07, 6.45) is 0. The lowest BCUT2D eigenvalue weighted by Crippen LogP contribution is -2.05. The third-order valence-corrected chi connectivity index (χ3v) is 5.56. The number of aryl methyl sites for hydroxylation is 2. The quantitative estimate of drug-likeness (QED) is 0.710. The highest BCUT2D eigenvalue weighted by Gasteiger charge is 2.16. The summed E-state index contributed by atoms with van der Waals surface area (Å²) in [5.74, 6) is 0.794. The summed E-state index contributed by atoms with van der Waals surface area (Å²) < 4.78 is 4.19. The molecule has 22 heavy (non-hydrogen) atoms. The molecule has 4 nitrogen and oxygen atoms in total. The van der Waals surface area contributed by atoms with Gasteiger partial charge < -0.3 is 5.32 Å². The van der Waals surface area contributed by atoms with Gasteiger partial charge in [-0.25, -0.2) is 9.97 Å². The Morgan fingerprint density at radius 2 is 1.86 bits per heavy atom. The highest BCUT2D eigenvalue weighted by atomic mass is 35.5. The standard InChI is InChI=1S/C15H15ClN4S2/c1-8-13(9(2)18-15-19-10(3)20-22-15)21-14(17-8)11-4-6-12(16)7-5-11/h4-7,9H,1-3H3,(H,18,19,20). The van der Waals surface area contributed by atoms with Gasteiger partial charge in [0.1, 0.15) is 10.8 Å². The average molecular weight is 351 g/mol. The Balaban J connectivity index is 1.83. The van der Waals surface area contributed by atoms with E-state index in [1.165, 1.54) is 16.4 Å². The summed E-state index contributed by atoms with van der Waals surface area (Å²) >= 11 is 9.01.